The van der Waals surface area contributed by atoms with Crippen molar-refractivity contribution in [1.82, 2.24) is 14.7 Å². The first-order valence-electron chi connectivity index (χ1n) is 5.15. The Morgan fingerprint density at radius 3 is 2.93 bits per heavy atom. The smallest absolute Gasteiger partial charge is 0.0521 e. The van der Waals surface area contributed by atoms with Crippen LogP contribution in [0.15, 0.2) is 12.3 Å². The van der Waals surface area contributed by atoms with Gasteiger partial charge in [0.1, 0.15) is 0 Å². The van der Waals surface area contributed by atoms with Gasteiger partial charge >= 0.3 is 0 Å². The third kappa shape index (κ3) is 1.67. The first-order chi connectivity index (χ1) is 6.68. The summed E-state index contributed by atoms with van der Waals surface area (Å²) >= 11 is 0. The molecule has 1 saturated heterocycles. The minimum Gasteiger partial charge on any atom is -0.326 e. The summed E-state index contributed by atoms with van der Waals surface area (Å²) in [7, 11) is 1.98. The molecule has 1 aliphatic rings. The average molecular weight is 194 g/mol. The van der Waals surface area contributed by atoms with E-state index in [1.165, 1.54) is 5.69 Å². The van der Waals surface area contributed by atoms with Crippen LogP contribution in [0.1, 0.15) is 19.0 Å². The van der Waals surface area contributed by atoms with E-state index in [9.17, 15) is 0 Å². The fraction of sp³-hybridized carbons (Fsp3) is 0.700. The zero-order chi connectivity index (χ0) is 10.1. The Balaban J connectivity index is 2.02. The highest BCUT2D eigenvalue weighted by Crippen LogP contribution is 2.18. The number of aryl methyl sites for hydroxylation is 1. The summed E-state index contributed by atoms with van der Waals surface area (Å²) in [6.45, 7) is 4.27. The fourth-order valence-corrected chi connectivity index (χ4v) is 2.02. The Morgan fingerprint density at radius 2 is 2.43 bits per heavy atom. The summed E-state index contributed by atoms with van der Waals surface area (Å²) in [5.41, 5.74) is 7.23. The van der Waals surface area contributed by atoms with Crippen molar-refractivity contribution >= 4 is 0 Å². The molecule has 2 heterocycles. The highest BCUT2D eigenvalue weighted by Gasteiger charge is 2.27. The summed E-state index contributed by atoms with van der Waals surface area (Å²) in [5.74, 6) is 0. The van der Waals surface area contributed by atoms with E-state index in [0.717, 1.165) is 19.5 Å². The minimum atomic E-state index is 0.336. The molecule has 0 spiro atoms. The van der Waals surface area contributed by atoms with Crippen molar-refractivity contribution in [1.29, 1.82) is 0 Å². The van der Waals surface area contributed by atoms with Crippen LogP contribution in [0.4, 0.5) is 0 Å². The molecule has 0 aromatic carbocycles. The highest BCUT2D eigenvalue weighted by molar-refractivity contribution is 5.01. The van der Waals surface area contributed by atoms with Gasteiger partial charge in [-0.3, -0.25) is 9.58 Å². The molecule has 0 saturated carbocycles. The molecule has 2 N–H and O–H groups in total. The van der Waals surface area contributed by atoms with Crippen LogP contribution in [-0.4, -0.2) is 33.3 Å². The molecule has 1 fully saturated rings. The highest BCUT2D eigenvalue weighted by atomic mass is 15.3. The predicted molar refractivity (Wildman–Crippen MR) is 55.7 cm³/mol. The third-order valence-corrected chi connectivity index (χ3v) is 3.23. The van der Waals surface area contributed by atoms with Gasteiger partial charge in [0.15, 0.2) is 0 Å². The topological polar surface area (TPSA) is 47.1 Å². The van der Waals surface area contributed by atoms with Gasteiger partial charge in [-0.15, -0.1) is 0 Å². The van der Waals surface area contributed by atoms with Gasteiger partial charge in [0.25, 0.3) is 0 Å². The fourth-order valence-electron chi connectivity index (χ4n) is 2.02. The molecule has 1 aromatic rings. The summed E-state index contributed by atoms with van der Waals surface area (Å²) < 4.78 is 1.93. The summed E-state index contributed by atoms with van der Waals surface area (Å²) in [4.78, 5) is 2.42. The molecule has 1 aliphatic heterocycles. The van der Waals surface area contributed by atoms with Crippen molar-refractivity contribution in [2.75, 3.05) is 6.54 Å². The summed E-state index contributed by atoms with van der Waals surface area (Å²) in [6.07, 6.45) is 2.95. The molecule has 2 unspecified atom stereocenters. The lowest BCUT2D eigenvalue weighted by Crippen LogP contribution is -2.36. The Hall–Kier alpha value is -0.870. The Labute approximate surface area is 84.7 Å². The number of nitrogens with zero attached hydrogens (tertiary/aromatic N) is 3. The standard InChI is InChI=1S/C10H18N4/c1-8-10(11)4-6-14(8)7-9-3-5-12-13(9)2/h3,5,8,10H,4,6-7,11H2,1-2H3. The molecular formula is C10H18N4. The molecule has 78 valence electrons. The second-order valence-electron chi connectivity index (χ2n) is 4.11. The lowest BCUT2D eigenvalue weighted by Gasteiger charge is -2.22. The SMILES string of the molecule is CC1C(N)CCN1Cc1ccnn1C. The van der Waals surface area contributed by atoms with Crippen LogP contribution in [0.3, 0.4) is 0 Å². The normalized spacial score (nSPS) is 28.5. The first kappa shape index (κ1) is 9.68. The van der Waals surface area contributed by atoms with Crippen LogP contribution in [0, 0.1) is 0 Å². The molecule has 14 heavy (non-hydrogen) atoms. The molecule has 0 aliphatic carbocycles. The molecule has 1 aromatic heterocycles. The Bertz CT molecular complexity index is 307. The van der Waals surface area contributed by atoms with E-state index in [1.54, 1.807) is 0 Å². The maximum Gasteiger partial charge on any atom is 0.0521 e. The van der Waals surface area contributed by atoms with Crippen LogP contribution < -0.4 is 5.73 Å². The van der Waals surface area contributed by atoms with E-state index >= 15 is 0 Å². The van der Waals surface area contributed by atoms with Crippen molar-refractivity contribution in [2.24, 2.45) is 12.8 Å². The van der Waals surface area contributed by atoms with Crippen molar-refractivity contribution < 1.29 is 0 Å². The van der Waals surface area contributed by atoms with Crippen molar-refractivity contribution in [3.63, 3.8) is 0 Å². The zero-order valence-corrected chi connectivity index (χ0v) is 8.85. The second-order valence-corrected chi connectivity index (χ2v) is 4.11. The Morgan fingerprint density at radius 1 is 1.64 bits per heavy atom. The molecule has 4 heteroatoms. The molecule has 2 atom stereocenters. The van der Waals surface area contributed by atoms with Crippen molar-refractivity contribution in [3.8, 4) is 0 Å². The maximum atomic E-state index is 5.97. The van der Waals surface area contributed by atoms with Crippen molar-refractivity contribution in [2.45, 2.75) is 32.0 Å². The third-order valence-electron chi connectivity index (χ3n) is 3.23. The summed E-state index contributed by atoms with van der Waals surface area (Å²) in [5, 5.41) is 4.16. The van der Waals surface area contributed by atoms with Crippen LogP contribution >= 0.6 is 0 Å². The number of aromatic nitrogens is 2. The van der Waals surface area contributed by atoms with Gasteiger partial charge in [-0.1, -0.05) is 0 Å². The molecule has 2 rings (SSSR count). The van der Waals surface area contributed by atoms with Crippen LogP contribution in [0.25, 0.3) is 0 Å². The molecule has 0 radical (unpaired) electrons. The van der Waals surface area contributed by atoms with E-state index in [0.29, 0.717) is 12.1 Å². The number of hydrogen-bond acceptors (Lipinski definition) is 3. The molecule has 0 amide bonds. The lowest BCUT2D eigenvalue weighted by molar-refractivity contribution is 0.245. The molecule has 0 bridgehead atoms. The van der Waals surface area contributed by atoms with Crippen LogP contribution in [0.2, 0.25) is 0 Å². The van der Waals surface area contributed by atoms with Gasteiger partial charge < -0.3 is 5.73 Å². The van der Waals surface area contributed by atoms with E-state index < -0.39 is 0 Å². The minimum absolute atomic E-state index is 0.336. The largest absolute Gasteiger partial charge is 0.326 e. The monoisotopic (exact) mass is 194 g/mol. The van der Waals surface area contributed by atoms with E-state index in [4.69, 9.17) is 5.73 Å². The van der Waals surface area contributed by atoms with E-state index in [1.807, 2.05) is 17.9 Å². The maximum absolute atomic E-state index is 5.97. The van der Waals surface area contributed by atoms with Crippen molar-refractivity contribution in [3.05, 3.63) is 18.0 Å². The van der Waals surface area contributed by atoms with Gasteiger partial charge in [0, 0.05) is 38.4 Å². The van der Waals surface area contributed by atoms with Gasteiger partial charge in [-0.2, -0.15) is 5.10 Å². The van der Waals surface area contributed by atoms with Crippen LogP contribution in [0.5, 0.6) is 0 Å². The molecule has 4 nitrogen and oxygen atoms in total. The summed E-state index contributed by atoms with van der Waals surface area (Å²) in [6, 6.07) is 2.89. The van der Waals surface area contributed by atoms with E-state index in [-0.39, 0.29) is 0 Å². The number of hydrogen-bond donors (Lipinski definition) is 1. The van der Waals surface area contributed by atoms with Crippen LogP contribution in [-0.2, 0) is 13.6 Å². The van der Waals surface area contributed by atoms with Gasteiger partial charge in [-0.05, 0) is 19.4 Å². The quantitative estimate of drug-likeness (QED) is 0.738. The Kier molecular flexibility index (Phi) is 2.56. The van der Waals surface area contributed by atoms with Gasteiger partial charge in [0.05, 0.1) is 5.69 Å². The number of nitrogens with two attached hydrogens (primary N) is 1. The zero-order valence-electron chi connectivity index (χ0n) is 8.85. The first-order valence-corrected chi connectivity index (χ1v) is 5.15. The molecular weight excluding hydrogens is 176 g/mol. The average Bonchev–Trinajstić information content (AvgIpc) is 2.68. The lowest BCUT2D eigenvalue weighted by atomic mass is 10.2. The van der Waals surface area contributed by atoms with Gasteiger partial charge in [-0.25, -0.2) is 0 Å². The predicted octanol–water partition coefficient (Wildman–Crippen LogP) is 0.342. The number of rotatable bonds is 2. The number of likely N-dealkylation sites (tertiary alicyclic amines) is 1. The second kappa shape index (κ2) is 3.71. The van der Waals surface area contributed by atoms with E-state index in [2.05, 4.69) is 23.0 Å². The van der Waals surface area contributed by atoms with Gasteiger partial charge in [0.2, 0.25) is 0 Å².